The molecule has 2 saturated heterocycles. The molecular formula is C18H23ClFNO4. The summed E-state index contributed by atoms with van der Waals surface area (Å²) in [6, 6.07) is 5.15. The lowest BCUT2D eigenvalue weighted by atomic mass is 9.81. The lowest BCUT2D eigenvalue weighted by Gasteiger charge is -2.46. The van der Waals surface area contributed by atoms with Crippen LogP contribution in [0.1, 0.15) is 32.1 Å². The number of ether oxygens (including phenoxy) is 2. The predicted octanol–water partition coefficient (Wildman–Crippen LogP) is 3.89. The van der Waals surface area contributed by atoms with E-state index in [0.29, 0.717) is 17.4 Å². The molecule has 5 nitrogen and oxygen atoms in total. The first kappa shape index (κ1) is 18.3. The molecule has 1 N–H and O–H groups in total. The van der Waals surface area contributed by atoms with Crippen LogP contribution in [0, 0.1) is 5.92 Å². The Balaban J connectivity index is 1.59. The fourth-order valence-electron chi connectivity index (χ4n) is 3.76. The molecule has 1 aromatic rings. The van der Waals surface area contributed by atoms with E-state index in [0.717, 1.165) is 44.5 Å². The van der Waals surface area contributed by atoms with Gasteiger partial charge in [-0.3, -0.25) is 4.79 Å². The van der Waals surface area contributed by atoms with Gasteiger partial charge in [-0.05, 0) is 43.7 Å². The van der Waals surface area contributed by atoms with Gasteiger partial charge >= 0.3 is 5.97 Å². The lowest BCUT2D eigenvalue weighted by molar-refractivity contribution is -0.145. The zero-order valence-electron chi connectivity index (χ0n) is 14.0. The van der Waals surface area contributed by atoms with Crippen molar-refractivity contribution in [3.63, 3.8) is 0 Å². The van der Waals surface area contributed by atoms with Crippen molar-refractivity contribution in [2.75, 3.05) is 31.5 Å². The fraction of sp³-hybridized carbons (Fsp3) is 0.611. The number of anilines is 1. The molecular weight excluding hydrogens is 349 g/mol. The van der Waals surface area contributed by atoms with Crippen LogP contribution in [0.25, 0.3) is 0 Å². The predicted molar refractivity (Wildman–Crippen MR) is 93.2 cm³/mol. The van der Waals surface area contributed by atoms with Gasteiger partial charge in [-0.1, -0.05) is 11.6 Å². The summed E-state index contributed by atoms with van der Waals surface area (Å²) in [5.41, 5.74) is 0.701. The molecule has 138 valence electrons. The molecule has 2 fully saturated rings. The van der Waals surface area contributed by atoms with Crippen LogP contribution in [0.4, 0.5) is 10.1 Å². The van der Waals surface area contributed by atoms with Crippen molar-refractivity contribution in [3.8, 4) is 5.75 Å². The van der Waals surface area contributed by atoms with Gasteiger partial charge in [0.1, 0.15) is 5.75 Å². The number of carboxylic acids is 1. The second kappa shape index (κ2) is 7.79. The molecule has 0 aromatic heterocycles. The molecule has 1 aromatic carbocycles. The van der Waals surface area contributed by atoms with Crippen LogP contribution in [0.3, 0.4) is 0 Å². The Kier molecular flexibility index (Phi) is 5.69. The van der Waals surface area contributed by atoms with Crippen LogP contribution < -0.4 is 9.64 Å². The molecule has 3 rings (SSSR count). The summed E-state index contributed by atoms with van der Waals surface area (Å²) < 4.78 is 23.4. The van der Waals surface area contributed by atoms with Crippen LogP contribution in [0.5, 0.6) is 5.75 Å². The maximum atomic E-state index is 12.4. The highest BCUT2D eigenvalue weighted by molar-refractivity contribution is 6.33. The number of alkyl halides is 1. The summed E-state index contributed by atoms with van der Waals surface area (Å²) in [5.74, 6) is -0.179. The van der Waals surface area contributed by atoms with E-state index in [1.807, 2.05) is 0 Å². The molecule has 0 amide bonds. The molecule has 25 heavy (non-hydrogen) atoms. The topological polar surface area (TPSA) is 59.0 Å². The largest absolute Gasteiger partial charge is 0.481 e. The minimum atomic E-state index is -0.866. The Hall–Kier alpha value is -1.53. The third-order valence-electron chi connectivity index (χ3n) is 5.25. The Morgan fingerprint density at radius 2 is 2.16 bits per heavy atom. The normalized spacial score (nSPS) is 22.8. The van der Waals surface area contributed by atoms with Gasteiger partial charge in [-0.2, -0.15) is 0 Å². The molecule has 0 aliphatic carbocycles. The minimum Gasteiger partial charge on any atom is -0.481 e. The number of hydrogen-bond donors (Lipinski definition) is 1. The van der Waals surface area contributed by atoms with E-state index in [9.17, 15) is 9.18 Å². The molecule has 0 bridgehead atoms. The van der Waals surface area contributed by atoms with E-state index < -0.39 is 12.8 Å². The Morgan fingerprint density at radius 3 is 2.76 bits per heavy atom. The third-order valence-corrected chi connectivity index (χ3v) is 5.57. The van der Waals surface area contributed by atoms with Gasteiger partial charge in [0.25, 0.3) is 0 Å². The van der Waals surface area contributed by atoms with Crippen molar-refractivity contribution in [2.24, 2.45) is 5.92 Å². The highest BCUT2D eigenvalue weighted by Crippen LogP contribution is 2.40. The summed E-state index contributed by atoms with van der Waals surface area (Å²) in [5, 5.41) is 9.53. The smallest absolute Gasteiger partial charge is 0.303 e. The van der Waals surface area contributed by atoms with Gasteiger partial charge in [0.15, 0.2) is 0 Å². The fourth-order valence-corrected chi connectivity index (χ4v) is 4.00. The summed E-state index contributed by atoms with van der Waals surface area (Å²) in [7, 11) is 0. The first-order valence-electron chi connectivity index (χ1n) is 8.60. The molecule has 1 spiro atoms. The van der Waals surface area contributed by atoms with Gasteiger partial charge in [-0.15, -0.1) is 0 Å². The third kappa shape index (κ3) is 4.36. The SMILES string of the molecule is O=C(O)CC1CCC2(CCN(c3cc(OCF)ccc3Cl)CC2)OC1. The second-order valence-corrected chi connectivity index (χ2v) is 7.26. The summed E-state index contributed by atoms with van der Waals surface area (Å²) >= 11 is 6.30. The maximum absolute atomic E-state index is 12.4. The van der Waals surface area contributed by atoms with Crippen LogP contribution in [0.15, 0.2) is 18.2 Å². The molecule has 1 unspecified atom stereocenters. The van der Waals surface area contributed by atoms with Crippen molar-refractivity contribution < 1.29 is 23.8 Å². The Morgan fingerprint density at radius 1 is 1.40 bits per heavy atom. The average Bonchev–Trinajstić information content (AvgIpc) is 2.60. The van der Waals surface area contributed by atoms with Crippen LogP contribution in [-0.2, 0) is 9.53 Å². The number of carbonyl (C=O) groups is 1. The van der Waals surface area contributed by atoms with Gasteiger partial charge in [0.2, 0.25) is 6.86 Å². The maximum Gasteiger partial charge on any atom is 0.303 e. The first-order chi connectivity index (χ1) is 12.0. The number of benzene rings is 1. The zero-order chi connectivity index (χ0) is 17.9. The van der Waals surface area contributed by atoms with Gasteiger partial charge in [0, 0.05) is 19.2 Å². The highest BCUT2D eigenvalue weighted by Gasteiger charge is 2.39. The molecule has 0 saturated carbocycles. The molecule has 2 heterocycles. The van der Waals surface area contributed by atoms with E-state index in [1.54, 1.807) is 18.2 Å². The lowest BCUT2D eigenvalue weighted by Crippen LogP contribution is -2.49. The molecule has 2 aliphatic heterocycles. The van der Waals surface area contributed by atoms with E-state index >= 15 is 0 Å². The number of rotatable bonds is 5. The van der Waals surface area contributed by atoms with Gasteiger partial charge < -0.3 is 19.5 Å². The van der Waals surface area contributed by atoms with Crippen molar-refractivity contribution >= 4 is 23.3 Å². The van der Waals surface area contributed by atoms with Crippen molar-refractivity contribution in [3.05, 3.63) is 23.2 Å². The summed E-state index contributed by atoms with van der Waals surface area (Å²) in [6.45, 7) is 1.24. The van der Waals surface area contributed by atoms with E-state index in [-0.39, 0.29) is 17.9 Å². The highest BCUT2D eigenvalue weighted by atomic mass is 35.5. The Bertz CT molecular complexity index is 609. The van der Waals surface area contributed by atoms with Gasteiger partial charge in [-0.25, -0.2) is 4.39 Å². The number of aliphatic carboxylic acids is 1. The quantitative estimate of drug-likeness (QED) is 0.851. The average molecular weight is 372 g/mol. The number of carboxylic acid groups (broad SMARTS) is 1. The number of hydrogen-bond acceptors (Lipinski definition) is 4. The molecule has 2 aliphatic rings. The van der Waals surface area contributed by atoms with E-state index in [2.05, 4.69) is 4.90 Å². The van der Waals surface area contributed by atoms with Gasteiger partial charge in [0.05, 0.1) is 29.3 Å². The van der Waals surface area contributed by atoms with Crippen molar-refractivity contribution in [1.29, 1.82) is 0 Å². The minimum absolute atomic E-state index is 0.116. The summed E-state index contributed by atoms with van der Waals surface area (Å²) in [6.07, 6.45) is 3.72. The standard InChI is InChI=1S/C18H23ClFNO4/c19-15-2-1-14(24-12-20)10-16(15)21-7-5-18(6-8-21)4-3-13(11-25-18)9-17(22)23/h1-2,10,13H,3-9,11-12H2,(H,22,23). The van der Waals surface area contributed by atoms with Crippen molar-refractivity contribution in [1.82, 2.24) is 0 Å². The monoisotopic (exact) mass is 371 g/mol. The van der Waals surface area contributed by atoms with Crippen LogP contribution in [0.2, 0.25) is 5.02 Å². The van der Waals surface area contributed by atoms with E-state index in [4.69, 9.17) is 26.2 Å². The Labute approximate surface area is 151 Å². The second-order valence-electron chi connectivity index (χ2n) is 6.85. The first-order valence-corrected chi connectivity index (χ1v) is 8.98. The zero-order valence-corrected chi connectivity index (χ0v) is 14.8. The van der Waals surface area contributed by atoms with Crippen LogP contribution >= 0.6 is 11.6 Å². The molecule has 7 heteroatoms. The number of piperidine rings is 1. The summed E-state index contributed by atoms with van der Waals surface area (Å²) in [4.78, 5) is 13.0. The molecule has 0 radical (unpaired) electrons. The number of halogens is 2. The molecule has 1 atom stereocenters. The van der Waals surface area contributed by atoms with Crippen molar-refractivity contribution in [2.45, 2.75) is 37.7 Å². The van der Waals surface area contributed by atoms with E-state index in [1.165, 1.54) is 0 Å². The van der Waals surface area contributed by atoms with Crippen LogP contribution in [-0.4, -0.2) is 43.2 Å². The number of nitrogens with zero attached hydrogens (tertiary/aromatic N) is 1.